The molecular formula is C14H11ClF3N5O2S. The molecular weight excluding hydrogens is 395 g/mol. The molecule has 7 nitrogen and oxygen atoms in total. The highest BCUT2D eigenvalue weighted by Gasteiger charge is 2.34. The van der Waals surface area contributed by atoms with Crippen molar-refractivity contribution in [1.29, 1.82) is 0 Å². The average molecular weight is 406 g/mol. The highest BCUT2D eigenvalue weighted by Crippen LogP contribution is 2.34. The Balaban J connectivity index is 2.33. The molecule has 0 aliphatic rings. The van der Waals surface area contributed by atoms with Gasteiger partial charge in [-0.15, -0.1) is 10.2 Å². The Labute approximate surface area is 150 Å². The van der Waals surface area contributed by atoms with Gasteiger partial charge in [0.15, 0.2) is 26.5 Å². The molecule has 12 heteroatoms. The second-order valence-corrected chi connectivity index (χ2v) is 7.98. The van der Waals surface area contributed by atoms with E-state index in [0.717, 1.165) is 0 Å². The van der Waals surface area contributed by atoms with Crippen LogP contribution in [0.5, 0.6) is 0 Å². The number of imidazole rings is 1. The first-order valence-electron chi connectivity index (χ1n) is 7.20. The maximum absolute atomic E-state index is 13.0. The molecule has 138 valence electrons. The third-order valence-corrected chi connectivity index (χ3v) is 5.62. The maximum atomic E-state index is 13.0. The number of rotatable bonds is 3. The molecule has 0 fully saturated rings. The topological polar surface area (TPSA) is 90.6 Å². The van der Waals surface area contributed by atoms with E-state index in [-0.39, 0.29) is 22.3 Å². The minimum Gasteiger partial charge on any atom is -0.309 e. The van der Waals surface area contributed by atoms with E-state index in [9.17, 15) is 21.6 Å². The van der Waals surface area contributed by atoms with Gasteiger partial charge in [0.1, 0.15) is 11.2 Å². The van der Waals surface area contributed by atoms with Crippen LogP contribution >= 0.6 is 11.6 Å². The second kappa shape index (κ2) is 6.16. The van der Waals surface area contributed by atoms with E-state index in [2.05, 4.69) is 20.2 Å². The summed E-state index contributed by atoms with van der Waals surface area (Å²) in [4.78, 5) is 7.41. The van der Waals surface area contributed by atoms with Crippen molar-refractivity contribution in [2.75, 3.05) is 5.75 Å². The van der Waals surface area contributed by atoms with E-state index < -0.39 is 32.2 Å². The van der Waals surface area contributed by atoms with Gasteiger partial charge in [0.05, 0.1) is 16.2 Å². The Bertz CT molecular complexity index is 1110. The minimum absolute atomic E-state index is 0.0392. The first-order valence-corrected chi connectivity index (χ1v) is 9.23. The molecule has 0 aliphatic heterocycles. The lowest BCUT2D eigenvalue weighted by molar-refractivity contribution is -0.138. The molecule has 0 saturated heterocycles. The van der Waals surface area contributed by atoms with Crippen molar-refractivity contribution in [3.63, 3.8) is 0 Å². The van der Waals surface area contributed by atoms with Gasteiger partial charge in [0.2, 0.25) is 0 Å². The highest BCUT2D eigenvalue weighted by atomic mass is 35.5. The van der Waals surface area contributed by atoms with E-state index in [4.69, 9.17) is 11.6 Å². The average Bonchev–Trinajstić information content (AvgIpc) is 2.89. The van der Waals surface area contributed by atoms with Crippen molar-refractivity contribution >= 4 is 32.6 Å². The lowest BCUT2D eigenvalue weighted by Crippen LogP contribution is -2.13. The van der Waals surface area contributed by atoms with Crippen LogP contribution in [0.3, 0.4) is 0 Å². The largest absolute Gasteiger partial charge is 0.417 e. The van der Waals surface area contributed by atoms with Gasteiger partial charge in [0.25, 0.3) is 0 Å². The minimum atomic E-state index is -4.73. The lowest BCUT2D eigenvalue weighted by Gasteiger charge is -2.12. The Hall–Kier alpha value is -2.27. The summed E-state index contributed by atoms with van der Waals surface area (Å²) in [5.74, 6) is -0.351. The Morgan fingerprint density at radius 1 is 1.23 bits per heavy atom. The van der Waals surface area contributed by atoms with Crippen molar-refractivity contribution in [2.45, 2.75) is 18.0 Å². The number of hydrogen-bond donors (Lipinski definition) is 0. The summed E-state index contributed by atoms with van der Waals surface area (Å²) < 4.78 is 65.1. The van der Waals surface area contributed by atoms with Crippen LogP contribution in [-0.2, 0) is 23.1 Å². The van der Waals surface area contributed by atoms with E-state index in [1.165, 1.54) is 24.6 Å². The first-order chi connectivity index (χ1) is 12.0. The van der Waals surface area contributed by atoms with Gasteiger partial charge in [-0.25, -0.2) is 13.4 Å². The molecule has 0 amide bonds. The fourth-order valence-corrected chi connectivity index (χ4v) is 3.53. The molecule has 0 unspecified atom stereocenters. The van der Waals surface area contributed by atoms with Gasteiger partial charge >= 0.3 is 6.18 Å². The van der Waals surface area contributed by atoms with Gasteiger partial charge in [-0.3, -0.25) is 4.98 Å². The van der Waals surface area contributed by atoms with Crippen LogP contribution in [-0.4, -0.2) is 38.9 Å². The van der Waals surface area contributed by atoms with Crippen LogP contribution in [0.15, 0.2) is 23.2 Å². The predicted octanol–water partition coefficient (Wildman–Crippen LogP) is 2.89. The Kier molecular flexibility index (Phi) is 4.39. The molecule has 0 aromatic carbocycles. The standard InChI is InChI=1S/C14H11ClF3N5O2S/c1-3-26(24,25)9-4-7(14(16,17)18)6-19-11(9)13-20-8-5-10(15)21-22-12(8)23(13)2/h4-6H,3H2,1-2H3. The van der Waals surface area contributed by atoms with Crippen molar-refractivity contribution in [3.8, 4) is 11.5 Å². The van der Waals surface area contributed by atoms with Crippen LogP contribution in [0.1, 0.15) is 12.5 Å². The van der Waals surface area contributed by atoms with Gasteiger partial charge < -0.3 is 4.57 Å². The number of hydrogen-bond acceptors (Lipinski definition) is 6. The zero-order chi connectivity index (χ0) is 19.3. The smallest absolute Gasteiger partial charge is 0.309 e. The monoisotopic (exact) mass is 405 g/mol. The molecule has 0 radical (unpaired) electrons. The summed E-state index contributed by atoms with van der Waals surface area (Å²) in [7, 11) is -2.48. The molecule has 0 bridgehead atoms. The van der Waals surface area contributed by atoms with Crippen LogP contribution < -0.4 is 0 Å². The number of fused-ring (bicyclic) bond motifs is 1. The molecule has 3 rings (SSSR count). The van der Waals surface area contributed by atoms with Crippen LogP contribution in [0, 0.1) is 0 Å². The van der Waals surface area contributed by atoms with Gasteiger partial charge in [-0.1, -0.05) is 18.5 Å². The molecule has 0 N–H and O–H groups in total. The third-order valence-electron chi connectivity index (χ3n) is 3.69. The van der Waals surface area contributed by atoms with E-state index >= 15 is 0 Å². The number of nitrogens with zero attached hydrogens (tertiary/aromatic N) is 5. The molecule has 3 aromatic rings. The predicted molar refractivity (Wildman–Crippen MR) is 87.3 cm³/mol. The van der Waals surface area contributed by atoms with Crippen molar-refractivity contribution < 1.29 is 21.6 Å². The Morgan fingerprint density at radius 2 is 1.92 bits per heavy atom. The van der Waals surface area contributed by atoms with E-state index in [0.29, 0.717) is 17.8 Å². The molecule has 0 saturated carbocycles. The maximum Gasteiger partial charge on any atom is 0.417 e. The number of alkyl halides is 3. The summed E-state index contributed by atoms with van der Waals surface area (Å²) in [5, 5.41) is 7.61. The van der Waals surface area contributed by atoms with E-state index in [1.54, 1.807) is 0 Å². The summed E-state index contributed by atoms with van der Waals surface area (Å²) in [6, 6.07) is 1.98. The number of aromatic nitrogens is 5. The summed E-state index contributed by atoms with van der Waals surface area (Å²) in [6.07, 6.45) is -4.16. The van der Waals surface area contributed by atoms with Crippen LogP contribution in [0.25, 0.3) is 22.7 Å². The Morgan fingerprint density at radius 3 is 2.54 bits per heavy atom. The number of pyridine rings is 1. The normalized spacial score (nSPS) is 12.7. The zero-order valence-corrected chi connectivity index (χ0v) is 15.0. The van der Waals surface area contributed by atoms with Crippen molar-refractivity contribution in [2.24, 2.45) is 7.05 Å². The van der Waals surface area contributed by atoms with Crippen LogP contribution in [0.2, 0.25) is 5.15 Å². The second-order valence-electron chi connectivity index (χ2n) is 5.34. The SMILES string of the molecule is CCS(=O)(=O)c1cc(C(F)(F)F)cnc1-c1nc2cc(Cl)nnc2n1C. The van der Waals surface area contributed by atoms with Gasteiger partial charge in [-0.05, 0) is 6.07 Å². The third kappa shape index (κ3) is 3.12. The zero-order valence-electron chi connectivity index (χ0n) is 13.4. The molecule has 0 aliphatic carbocycles. The fraction of sp³-hybridized carbons (Fsp3) is 0.286. The quantitative estimate of drug-likeness (QED) is 0.665. The first kappa shape index (κ1) is 18.5. The van der Waals surface area contributed by atoms with Gasteiger partial charge in [0, 0.05) is 19.3 Å². The van der Waals surface area contributed by atoms with Crippen molar-refractivity contribution in [3.05, 3.63) is 29.0 Å². The fourth-order valence-electron chi connectivity index (χ4n) is 2.34. The van der Waals surface area contributed by atoms with Gasteiger partial charge in [-0.2, -0.15) is 13.2 Å². The summed E-state index contributed by atoms with van der Waals surface area (Å²) in [6.45, 7) is 1.33. The number of sulfone groups is 1. The molecule has 0 spiro atoms. The molecule has 3 aromatic heterocycles. The molecule has 3 heterocycles. The van der Waals surface area contributed by atoms with Crippen molar-refractivity contribution in [1.82, 2.24) is 24.7 Å². The van der Waals surface area contributed by atoms with Crippen LogP contribution in [0.4, 0.5) is 13.2 Å². The summed E-state index contributed by atoms with van der Waals surface area (Å²) in [5.41, 5.74) is -0.763. The lowest BCUT2D eigenvalue weighted by atomic mass is 10.2. The number of halogens is 4. The summed E-state index contributed by atoms with van der Waals surface area (Å²) >= 11 is 5.76. The molecule has 26 heavy (non-hydrogen) atoms. The number of aryl methyl sites for hydroxylation is 1. The highest BCUT2D eigenvalue weighted by molar-refractivity contribution is 7.91. The molecule has 0 atom stereocenters. The van der Waals surface area contributed by atoms with E-state index in [1.807, 2.05) is 0 Å².